The van der Waals surface area contributed by atoms with Gasteiger partial charge in [-0.15, -0.1) is 0 Å². The Kier molecular flexibility index (Phi) is 14.5. The van der Waals surface area contributed by atoms with Gasteiger partial charge in [0.05, 0.1) is 50.9 Å². The minimum absolute atomic E-state index is 0.0709. The molecule has 5 aromatic carbocycles. The normalized spacial score (nSPS) is 16.3. The zero-order chi connectivity index (χ0) is 47.5. The maximum atomic E-state index is 14.5. The first-order valence-electron chi connectivity index (χ1n) is 20.2. The summed E-state index contributed by atoms with van der Waals surface area (Å²) in [7, 11) is -9.96. The second kappa shape index (κ2) is 19.2. The fourth-order valence-corrected chi connectivity index (χ4v) is 10.6. The predicted molar refractivity (Wildman–Crippen MR) is 222 cm³/mol. The molecule has 1 aliphatic carbocycles. The van der Waals surface area contributed by atoms with E-state index < -0.39 is 88.5 Å². The molecule has 0 heterocycles. The van der Waals surface area contributed by atoms with Crippen LogP contribution in [0.25, 0.3) is 11.1 Å². The van der Waals surface area contributed by atoms with Crippen LogP contribution < -0.4 is 13.3 Å². The van der Waals surface area contributed by atoms with Crippen LogP contribution in [0.1, 0.15) is 61.8 Å². The van der Waals surface area contributed by atoms with Crippen LogP contribution in [-0.2, 0) is 50.3 Å². The highest BCUT2D eigenvalue weighted by atomic mass is 32.2. The molecule has 1 fully saturated rings. The molecule has 5 aromatic rings. The smallest absolute Gasteiger partial charge is 0.416 e. The summed E-state index contributed by atoms with van der Waals surface area (Å²) in [6.07, 6.45) is -15.2. The summed E-state index contributed by atoms with van der Waals surface area (Å²) in [5.74, 6) is -2.19. The summed E-state index contributed by atoms with van der Waals surface area (Å²) in [5.41, 5.74) is -4.34. The number of sulfonamides is 2. The van der Waals surface area contributed by atoms with E-state index in [1.165, 1.54) is 80.6 Å². The average molecular weight is 961 g/mol. The van der Waals surface area contributed by atoms with E-state index >= 15 is 0 Å². The Morgan fingerprint density at radius 1 is 0.600 bits per heavy atom. The summed E-state index contributed by atoms with van der Waals surface area (Å²) >= 11 is 0. The van der Waals surface area contributed by atoms with Crippen molar-refractivity contribution in [3.8, 4) is 16.9 Å². The molecule has 0 aliphatic heterocycles. The van der Waals surface area contributed by atoms with Crippen LogP contribution in [0.5, 0.6) is 5.75 Å². The molecular formula is C45H42F10N2O6S2. The summed E-state index contributed by atoms with van der Waals surface area (Å²) in [6, 6.07) is 19.3. The fraction of sp³-hybridized carbons (Fsp3) is 0.333. The molecule has 6 rings (SSSR count). The molecule has 1 saturated carbocycles. The lowest BCUT2D eigenvalue weighted by molar-refractivity contribution is -0.217. The first-order chi connectivity index (χ1) is 30.4. The highest BCUT2D eigenvalue weighted by Gasteiger charge is 2.46. The molecule has 0 N–H and O–H groups in total. The van der Waals surface area contributed by atoms with E-state index in [2.05, 4.69) is 0 Å². The Labute approximate surface area is 369 Å². The maximum absolute atomic E-state index is 14.5. The number of nitrogens with zero attached hydrogens (tertiary/aromatic N) is 2. The number of hydrogen-bond donors (Lipinski definition) is 0. The fourth-order valence-electron chi connectivity index (χ4n) is 7.57. The van der Waals surface area contributed by atoms with Crippen LogP contribution in [0.4, 0.5) is 55.3 Å². The van der Waals surface area contributed by atoms with Crippen LogP contribution in [0.15, 0.2) is 119 Å². The van der Waals surface area contributed by atoms with Crippen molar-refractivity contribution in [3.05, 3.63) is 137 Å². The van der Waals surface area contributed by atoms with Crippen LogP contribution in [-0.4, -0.2) is 42.2 Å². The third kappa shape index (κ3) is 11.4. The van der Waals surface area contributed by atoms with Crippen molar-refractivity contribution in [1.29, 1.82) is 0 Å². The third-order valence-corrected chi connectivity index (χ3v) is 14.6. The molecule has 1 aliphatic rings. The maximum Gasteiger partial charge on any atom is 0.416 e. The number of ether oxygens (including phenoxy) is 2. The van der Waals surface area contributed by atoms with Crippen LogP contribution >= 0.6 is 0 Å². The zero-order valence-electron chi connectivity index (χ0n) is 34.6. The van der Waals surface area contributed by atoms with Crippen molar-refractivity contribution in [3.63, 3.8) is 0 Å². The predicted octanol–water partition coefficient (Wildman–Crippen LogP) is 12.2. The standard InChI is InChI=1S/C45H42F10N2O6S2/c1-3-56(35-13-9-11-29(19-35)27-63-42-18-8-6-16-40(42)45(53,54)55)64(58,59)38-22-31(20-33(24-38)43(47,48)49)32-21-34(44(50,51)52)25-39(23-32)65(60,61)57(4-2)36-14-10-15-37(26-36)62-28-30-12-5-7-17-41(30)46/h5,7,9-15,17,19-26,40,42H,3-4,6,8,16,18,27-28H2,1-2H3. The molecular weight excluding hydrogens is 919 g/mol. The average Bonchev–Trinajstić information content (AvgIpc) is 3.25. The van der Waals surface area contributed by atoms with Gasteiger partial charge >= 0.3 is 18.5 Å². The topological polar surface area (TPSA) is 93.2 Å². The monoisotopic (exact) mass is 960 g/mol. The molecule has 65 heavy (non-hydrogen) atoms. The van der Waals surface area contributed by atoms with Gasteiger partial charge in [-0.3, -0.25) is 8.61 Å². The van der Waals surface area contributed by atoms with Gasteiger partial charge in [-0.25, -0.2) is 21.2 Å². The van der Waals surface area contributed by atoms with Crippen LogP contribution in [0.3, 0.4) is 0 Å². The van der Waals surface area contributed by atoms with E-state index in [1.807, 2.05) is 0 Å². The Bertz CT molecular complexity index is 2710. The minimum atomic E-state index is -5.25. The summed E-state index contributed by atoms with van der Waals surface area (Å²) < 4.78 is 212. The van der Waals surface area contributed by atoms with Crippen molar-refractivity contribution < 1.29 is 70.2 Å². The van der Waals surface area contributed by atoms with Gasteiger partial charge in [0, 0.05) is 24.7 Å². The summed E-state index contributed by atoms with van der Waals surface area (Å²) in [6.45, 7) is 1.40. The lowest BCUT2D eigenvalue weighted by Gasteiger charge is -2.33. The molecule has 8 nitrogen and oxygen atoms in total. The SMILES string of the molecule is CCN(c1cccc(COC2CCCCC2C(F)(F)F)c1)S(=O)(=O)c1cc(-c2cc(C(F)(F)F)cc(S(=O)(=O)N(CC)c3cccc(OCc4ccccc4F)c3)c2)cc(C(F)(F)F)c1. The second-order valence-corrected chi connectivity index (χ2v) is 18.9. The second-order valence-electron chi connectivity index (χ2n) is 15.2. The van der Waals surface area contributed by atoms with Gasteiger partial charge in [-0.2, -0.15) is 39.5 Å². The third-order valence-electron chi connectivity index (χ3n) is 10.8. The lowest BCUT2D eigenvalue weighted by Crippen LogP contribution is -2.38. The van der Waals surface area contributed by atoms with Crippen molar-refractivity contribution >= 4 is 31.4 Å². The van der Waals surface area contributed by atoms with E-state index in [0.717, 1.165) is 4.31 Å². The van der Waals surface area contributed by atoms with E-state index in [4.69, 9.17) is 9.47 Å². The Morgan fingerprint density at radius 3 is 1.65 bits per heavy atom. The largest absolute Gasteiger partial charge is 0.489 e. The van der Waals surface area contributed by atoms with Gasteiger partial charge in [-0.1, -0.05) is 49.2 Å². The van der Waals surface area contributed by atoms with E-state index in [0.29, 0.717) is 53.5 Å². The van der Waals surface area contributed by atoms with Gasteiger partial charge in [0.2, 0.25) is 0 Å². The Morgan fingerprint density at radius 2 is 1.12 bits per heavy atom. The molecule has 0 radical (unpaired) electrons. The Hall–Kier alpha value is -5.34. The summed E-state index contributed by atoms with van der Waals surface area (Å²) in [5, 5.41) is 0. The lowest BCUT2D eigenvalue weighted by atomic mass is 9.86. The molecule has 20 heteroatoms. The molecule has 0 spiro atoms. The molecule has 2 unspecified atom stereocenters. The number of anilines is 2. The number of hydrogen-bond acceptors (Lipinski definition) is 6. The molecule has 0 aromatic heterocycles. The molecule has 0 bridgehead atoms. The first kappa shape index (κ1) is 49.1. The van der Waals surface area contributed by atoms with Crippen molar-refractivity contribution in [1.82, 2.24) is 0 Å². The van der Waals surface area contributed by atoms with Gasteiger partial charge in [0.1, 0.15) is 18.2 Å². The minimum Gasteiger partial charge on any atom is -0.489 e. The number of rotatable bonds is 15. The highest BCUT2D eigenvalue weighted by molar-refractivity contribution is 7.93. The molecule has 2 atom stereocenters. The van der Waals surface area contributed by atoms with Crippen molar-refractivity contribution in [2.45, 2.75) is 87.2 Å². The van der Waals surface area contributed by atoms with Crippen LogP contribution in [0, 0.1) is 11.7 Å². The van der Waals surface area contributed by atoms with Crippen LogP contribution in [0.2, 0.25) is 0 Å². The first-order valence-corrected chi connectivity index (χ1v) is 23.1. The number of benzene rings is 5. The van der Waals surface area contributed by atoms with Gasteiger partial charge in [0.25, 0.3) is 20.0 Å². The van der Waals surface area contributed by atoms with Gasteiger partial charge in [0.15, 0.2) is 0 Å². The molecule has 0 amide bonds. The molecule has 0 saturated heterocycles. The van der Waals surface area contributed by atoms with E-state index in [1.54, 1.807) is 6.07 Å². The number of halogens is 10. The quantitative estimate of drug-likeness (QED) is 0.0971. The van der Waals surface area contributed by atoms with Gasteiger partial charge < -0.3 is 9.47 Å². The van der Waals surface area contributed by atoms with Gasteiger partial charge in [-0.05, 0) is 110 Å². The zero-order valence-corrected chi connectivity index (χ0v) is 36.3. The molecule has 350 valence electrons. The van der Waals surface area contributed by atoms with Crippen molar-refractivity contribution in [2.24, 2.45) is 5.92 Å². The highest BCUT2D eigenvalue weighted by Crippen LogP contribution is 2.42. The Balaban J connectivity index is 1.37. The number of alkyl halides is 9. The van der Waals surface area contributed by atoms with E-state index in [-0.39, 0.29) is 67.4 Å². The summed E-state index contributed by atoms with van der Waals surface area (Å²) in [4.78, 5) is -2.00. The van der Waals surface area contributed by atoms with E-state index in [9.17, 15) is 60.7 Å². The van der Waals surface area contributed by atoms with Crippen molar-refractivity contribution in [2.75, 3.05) is 21.7 Å².